The minimum absolute atomic E-state index is 0.604. The number of hydrogen-bond donors (Lipinski definition) is 1. The van der Waals surface area contributed by atoms with E-state index in [-0.39, 0.29) is 0 Å². The van der Waals surface area contributed by atoms with Gasteiger partial charge in [-0.2, -0.15) is 15.0 Å². The van der Waals surface area contributed by atoms with Crippen molar-refractivity contribution in [2.75, 3.05) is 59.8 Å². The zero-order valence-corrected chi connectivity index (χ0v) is 13.2. The molecular formula is C13H22N6OS. The first kappa shape index (κ1) is 14.5. The van der Waals surface area contributed by atoms with E-state index in [4.69, 9.17) is 0 Å². The van der Waals surface area contributed by atoms with Crippen molar-refractivity contribution in [3.05, 3.63) is 0 Å². The molecule has 2 fully saturated rings. The van der Waals surface area contributed by atoms with Gasteiger partial charge in [-0.1, -0.05) is 0 Å². The second kappa shape index (κ2) is 6.55. The Hall–Kier alpha value is -1.44. The maximum absolute atomic E-state index is 11.5. The molecule has 7 nitrogen and oxygen atoms in total. The minimum atomic E-state index is -0.690. The maximum atomic E-state index is 11.5. The first-order chi connectivity index (χ1) is 10.3. The normalized spacial score (nSPS) is 20.6. The Labute approximate surface area is 127 Å². The summed E-state index contributed by atoms with van der Waals surface area (Å²) in [4.78, 5) is 17.9. The monoisotopic (exact) mass is 310 g/mol. The first-order valence-electron chi connectivity index (χ1n) is 7.55. The summed E-state index contributed by atoms with van der Waals surface area (Å²) in [5, 5.41) is 3.02. The summed E-state index contributed by atoms with van der Waals surface area (Å²) in [6.45, 7) is 3.52. The topological polar surface area (TPSA) is 74.2 Å². The van der Waals surface area contributed by atoms with Gasteiger partial charge in [0.2, 0.25) is 17.8 Å². The van der Waals surface area contributed by atoms with Gasteiger partial charge in [-0.25, -0.2) is 0 Å². The van der Waals surface area contributed by atoms with Gasteiger partial charge in [0.15, 0.2) is 0 Å². The molecule has 0 saturated carbocycles. The predicted molar refractivity (Wildman–Crippen MR) is 85.5 cm³/mol. The molecule has 0 aromatic carbocycles. The highest BCUT2D eigenvalue weighted by molar-refractivity contribution is 7.85. The van der Waals surface area contributed by atoms with Crippen molar-refractivity contribution in [2.24, 2.45) is 0 Å². The fraction of sp³-hybridized carbons (Fsp3) is 0.769. The highest BCUT2D eigenvalue weighted by Crippen LogP contribution is 2.20. The Morgan fingerprint density at radius 1 is 0.905 bits per heavy atom. The average molecular weight is 310 g/mol. The van der Waals surface area contributed by atoms with Crippen LogP contribution >= 0.6 is 0 Å². The van der Waals surface area contributed by atoms with Crippen LogP contribution in [-0.4, -0.2) is 63.9 Å². The van der Waals surface area contributed by atoms with Gasteiger partial charge >= 0.3 is 0 Å². The van der Waals surface area contributed by atoms with E-state index in [2.05, 4.69) is 30.1 Å². The van der Waals surface area contributed by atoms with Gasteiger partial charge in [-0.05, 0) is 19.3 Å². The summed E-state index contributed by atoms with van der Waals surface area (Å²) < 4.78 is 11.5. The molecule has 3 rings (SSSR count). The summed E-state index contributed by atoms with van der Waals surface area (Å²) in [7, 11) is 1.13. The molecule has 0 spiro atoms. The third kappa shape index (κ3) is 3.42. The number of rotatable bonds is 3. The fourth-order valence-electron chi connectivity index (χ4n) is 2.68. The van der Waals surface area contributed by atoms with Crippen LogP contribution in [0.25, 0.3) is 0 Å². The van der Waals surface area contributed by atoms with E-state index < -0.39 is 10.8 Å². The number of nitrogens with one attached hydrogen (secondary N) is 1. The van der Waals surface area contributed by atoms with Crippen molar-refractivity contribution in [1.29, 1.82) is 0 Å². The first-order valence-corrected chi connectivity index (χ1v) is 9.04. The van der Waals surface area contributed by atoms with Crippen LogP contribution in [0.2, 0.25) is 0 Å². The lowest BCUT2D eigenvalue weighted by atomic mass is 10.1. The zero-order valence-electron chi connectivity index (χ0n) is 12.4. The Balaban J connectivity index is 1.84. The standard InChI is InChI=1S/C13H22N6OS/c1-14-11-15-12(18-5-3-2-4-6-18)17-13(16-11)19-7-9-21(20)10-8-19/h2-10H2,1H3,(H,14,15,16,17). The molecule has 116 valence electrons. The molecule has 2 aliphatic rings. The van der Waals surface area contributed by atoms with Crippen LogP contribution in [0.3, 0.4) is 0 Å². The maximum Gasteiger partial charge on any atom is 0.232 e. The molecule has 0 amide bonds. The molecule has 21 heavy (non-hydrogen) atoms. The van der Waals surface area contributed by atoms with Gasteiger partial charge < -0.3 is 15.1 Å². The summed E-state index contributed by atoms with van der Waals surface area (Å²) in [6.07, 6.45) is 3.67. The average Bonchev–Trinajstić information content (AvgIpc) is 2.56. The van der Waals surface area contributed by atoms with Crippen LogP contribution in [0.4, 0.5) is 17.8 Å². The summed E-state index contributed by atoms with van der Waals surface area (Å²) in [5.41, 5.74) is 0. The number of hydrogen-bond acceptors (Lipinski definition) is 7. The van der Waals surface area contributed by atoms with E-state index in [1.165, 1.54) is 19.3 Å². The van der Waals surface area contributed by atoms with Crippen molar-refractivity contribution in [2.45, 2.75) is 19.3 Å². The largest absolute Gasteiger partial charge is 0.357 e. The fourth-order valence-corrected chi connectivity index (χ4v) is 3.73. The Morgan fingerprint density at radius 2 is 1.48 bits per heavy atom. The lowest BCUT2D eigenvalue weighted by Crippen LogP contribution is -2.39. The molecule has 0 aliphatic carbocycles. The molecular weight excluding hydrogens is 288 g/mol. The molecule has 2 aliphatic heterocycles. The highest BCUT2D eigenvalue weighted by atomic mass is 32.2. The number of aromatic nitrogens is 3. The zero-order chi connectivity index (χ0) is 14.7. The van der Waals surface area contributed by atoms with Crippen molar-refractivity contribution in [3.8, 4) is 0 Å². The van der Waals surface area contributed by atoms with Crippen molar-refractivity contribution in [1.82, 2.24) is 15.0 Å². The predicted octanol–water partition coefficient (Wildman–Crippen LogP) is 0.472. The van der Waals surface area contributed by atoms with Gasteiger partial charge in [0.05, 0.1) is 0 Å². The van der Waals surface area contributed by atoms with E-state index in [0.29, 0.717) is 23.4 Å². The Kier molecular flexibility index (Phi) is 4.52. The van der Waals surface area contributed by atoms with Crippen LogP contribution in [-0.2, 0) is 10.8 Å². The second-order valence-electron chi connectivity index (χ2n) is 5.39. The molecule has 0 radical (unpaired) electrons. The number of anilines is 3. The van der Waals surface area contributed by atoms with E-state index in [0.717, 1.165) is 32.1 Å². The quantitative estimate of drug-likeness (QED) is 0.870. The molecule has 3 heterocycles. The van der Waals surface area contributed by atoms with Crippen molar-refractivity contribution >= 4 is 28.6 Å². The SMILES string of the molecule is CNc1nc(N2CCCCC2)nc(N2CCS(=O)CC2)n1. The molecule has 0 unspecified atom stereocenters. The van der Waals surface area contributed by atoms with Crippen LogP contribution in [0.1, 0.15) is 19.3 Å². The van der Waals surface area contributed by atoms with Gasteiger partial charge in [0.25, 0.3) is 0 Å². The second-order valence-corrected chi connectivity index (χ2v) is 7.09. The number of piperidine rings is 1. The van der Waals surface area contributed by atoms with Crippen molar-refractivity contribution < 1.29 is 4.21 Å². The van der Waals surface area contributed by atoms with Crippen LogP contribution in [0.5, 0.6) is 0 Å². The molecule has 2 saturated heterocycles. The molecule has 1 N–H and O–H groups in total. The lowest BCUT2D eigenvalue weighted by Gasteiger charge is -2.30. The van der Waals surface area contributed by atoms with Gasteiger partial charge in [0, 0.05) is 55.5 Å². The number of nitrogens with zero attached hydrogens (tertiary/aromatic N) is 5. The summed E-state index contributed by atoms with van der Waals surface area (Å²) in [6, 6.07) is 0. The smallest absolute Gasteiger partial charge is 0.232 e. The highest BCUT2D eigenvalue weighted by Gasteiger charge is 2.21. The van der Waals surface area contributed by atoms with E-state index in [9.17, 15) is 4.21 Å². The lowest BCUT2D eigenvalue weighted by molar-refractivity contribution is 0.567. The van der Waals surface area contributed by atoms with Gasteiger partial charge in [-0.3, -0.25) is 4.21 Å². The van der Waals surface area contributed by atoms with Gasteiger partial charge in [0.1, 0.15) is 0 Å². The molecule has 1 aromatic heterocycles. The van der Waals surface area contributed by atoms with E-state index in [1.54, 1.807) is 0 Å². The Bertz CT molecular complexity index is 509. The summed E-state index contributed by atoms with van der Waals surface area (Å²) >= 11 is 0. The van der Waals surface area contributed by atoms with Crippen LogP contribution in [0.15, 0.2) is 0 Å². The minimum Gasteiger partial charge on any atom is -0.357 e. The van der Waals surface area contributed by atoms with Crippen molar-refractivity contribution in [3.63, 3.8) is 0 Å². The Morgan fingerprint density at radius 3 is 2.05 bits per heavy atom. The molecule has 0 bridgehead atoms. The molecule has 8 heteroatoms. The molecule has 0 atom stereocenters. The van der Waals surface area contributed by atoms with Crippen LogP contribution < -0.4 is 15.1 Å². The third-order valence-corrected chi connectivity index (χ3v) is 5.21. The van der Waals surface area contributed by atoms with Gasteiger partial charge in [-0.15, -0.1) is 0 Å². The third-order valence-electron chi connectivity index (χ3n) is 3.93. The van der Waals surface area contributed by atoms with E-state index >= 15 is 0 Å². The molecule has 1 aromatic rings. The summed E-state index contributed by atoms with van der Waals surface area (Å²) in [5.74, 6) is 3.45. The van der Waals surface area contributed by atoms with E-state index in [1.807, 2.05) is 7.05 Å². The van der Waals surface area contributed by atoms with Crippen LogP contribution in [0, 0.1) is 0 Å².